The molecule has 0 saturated carbocycles. The third-order valence-electron chi connectivity index (χ3n) is 3.52. The molecule has 0 fully saturated rings. The Balaban J connectivity index is 1.58. The van der Waals surface area contributed by atoms with E-state index in [1.165, 1.54) is 29.5 Å². The van der Waals surface area contributed by atoms with Gasteiger partial charge in [0.1, 0.15) is 5.82 Å². The van der Waals surface area contributed by atoms with Crippen molar-refractivity contribution in [3.05, 3.63) is 40.6 Å². The summed E-state index contributed by atoms with van der Waals surface area (Å²) < 4.78 is 12.9. The van der Waals surface area contributed by atoms with Crippen LogP contribution in [0, 0.1) is 5.82 Å². The number of nitrogens with one attached hydrogen (secondary N) is 1. The molecule has 0 aliphatic carbocycles. The van der Waals surface area contributed by atoms with Crippen molar-refractivity contribution >= 4 is 34.4 Å². The van der Waals surface area contributed by atoms with E-state index in [0.717, 1.165) is 25.7 Å². The highest BCUT2D eigenvalue weighted by molar-refractivity contribution is 7.11. The molecule has 1 amide bonds. The standard InChI is InChI=1S/C17H20FN3O2S/c18-12-7-8-14(13(19)11-12)21-16(23)6-4-2-1-3-5-15(22)17-20-9-10-24-17/h7-11H,1-6,19H2,(H,21,23). The van der Waals surface area contributed by atoms with Gasteiger partial charge in [0.2, 0.25) is 5.91 Å². The number of nitrogen functional groups attached to an aromatic ring is 1. The summed E-state index contributed by atoms with van der Waals surface area (Å²) in [5, 5.41) is 5.03. The molecule has 0 saturated heterocycles. The molecule has 1 aromatic carbocycles. The number of nitrogens with zero attached hydrogens (tertiary/aromatic N) is 1. The van der Waals surface area contributed by atoms with Crippen LogP contribution in [0.1, 0.15) is 48.3 Å². The van der Waals surface area contributed by atoms with Crippen LogP contribution in [0.15, 0.2) is 29.8 Å². The number of rotatable bonds is 9. The smallest absolute Gasteiger partial charge is 0.224 e. The summed E-state index contributed by atoms with van der Waals surface area (Å²) in [5.41, 5.74) is 6.28. The van der Waals surface area contributed by atoms with E-state index in [1.807, 2.05) is 0 Å². The normalized spacial score (nSPS) is 10.5. The fourth-order valence-corrected chi connectivity index (χ4v) is 2.86. The summed E-state index contributed by atoms with van der Waals surface area (Å²) in [7, 11) is 0. The van der Waals surface area contributed by atoms with Crippen LogP contribution in [0.4, 0.5) is 15.8 Å². The molecule has 0 unspecified atom stereocenters. The van der Waals surface area contributed by atoms with Gasteiger partial charge in [0.05, 0.1) is 11.4 Å². The van der Waals surface area contributed by atoms with Crippen LogP contribution in [0.5, 0.6) is 0 Å². The fraction of sp³-hybridized carbons (Fsp3) is 0.353. The van der Waals surface area contributed by atoms with Gasteiger partial charge < -0.3 is 11.1 Å². The Morgan fingerprint density at radius 1 is 1.17 bits per heavy atom. The number of thiazole rings is 1. The quantitative estimate of drug-likeness (QED) is 0.407. The number of nitrogens with two attached hydrogens (primary N) is 1. The van der Waals surface area contributed by atoms with Crippen molar-refractivity contribution < 1.29 is 14.0 Å². The number of benzene rings is 1. The number of carbonyl (C=O) groups excluding carboxylic acids is 2. The maximum atomic E-state index is 12.9. The van der Waals surface area contributed by atoms with Gasteiger partial charge in [-0.1, -0.05) is 12.8 Å². The van der Waals surface area contributed by atoms with Gasteiger partial charge in [-0.25, -0.2) is 9.37 Å². The molecule has 0 aliphatic rings. The molecule has 0 bridgehead atoms. The summed E-state index contributed by atoms with van der Waals surface area (Å²) in [5.74, 6) is -0.500. The second-order valence-corrected chi connectivity index (χ2v) is 6.35. The first kappa shape index (κ1) is 18.1. The van der Waals surface area contributed by atoms with Gasteiger partial charge in [-0.2, -0.15) is 0 Å². The van der Waals surface area contributed by atoms with E-state index in [9.17, 15) is 14.0 Å². The predicted octanol–water partition coefficient (Wildman–Crippen LogP) is 4.03. The average molecular weight is 349 g/mol. The molecule has 3 N–H and O–H groups in total. The van der Waals surface area contributed by atoms with Gasteiger partial charge >= 0.3 is 0 Å². The minimum atomic E-state index is -0.433. The van der Waals surface area contributed by atoms with Crippen molar-refractivity contribution in [1.82, 2.24) is 4.98 Å². The third kappa shape index (κ3) is 5.73. The molecule has 1 aromatic heterocycles. The Bertz CT molecular complexity index is 689. The molecule has 128 valence electrons. The topological polar surface area (TPSA) is 85.1 Å². The van der Waals surface area contributed by atoms with Gasteiger partial charge in [0, 0.05) is 24.4 Å². The summed E-state index contributed by atoms with van der Waals surface area (Å²) in [6.45, 7) is 0. The second-order valence-electron chi connectivity index (χ2n) is 5.45. The zero-order valence-electron chi connectivity index (χ0n) is 13.3. The highest BCUT2D eigenvalue weighted by Crippen LogP contribution is 2.19. The molecule has 1 heterocycles. The van der Waals surface area contributed by atoms with Crippen LogP contribution in [-0.2, 0) is 4.79 Å². The molecule has 0 spiro atoms. The van der Waals surface area contributed by atoms with Gasteiger partial charge in [-0.3, -0.25) is 9.59 Å². The van der Waals surface area contributed by atoms with Crippen molar-refractivity contribution in [2.24, 2.45) is 0 Å². The lowest BCUT2D eigenvalue weighted by Crippen LogP contribution is -2.12. The molecule has 7 heteroatoms. The first-order valence-electron chi connectivity index (χ1n) is 7.84. The van der Waals surface area contributed by atoms with Crippen molar-refractivity contribution in [3.63, 3.8) is 0 Å². The summed E-state index contributed by atoms with van der Waals surface area (Å²) in [6, 6.07) is 3.88. The molecular weight excluding hydrogens is 329 g/mol. The number of hydrogen-bond donors (Lipinski definition) is 2. The molecule has 0 atom stereocenters. The molecular formula is C17H20FN3O2S. The van der Waals surface area contributed by atoms with E-state index >= 15 is 0 Å². The van der Waals surface area contributed by atoms with Crippen molar-refractivity contribution in [3.8, 4) is 0 Å². The van der Waals surface area contributed by atoms with E-state index in [4.69, 9.17) is 5.73 Å². The minimum Gasteiger partial charge on any atom is -0.397 e. The van der Waals surface area contributed by atoms with Gasteiger partial charge in [-0.15, -0.1) is 11.3 Å². The van der Waals surface area contributed by atoms with Crippen LogP contribution in [0.2, 0.25) is 0 Å². The first-order valence-corrected chi connectivity index (χ1v) is 8.72. The van der Waals surface area contributed by atoms with Crippen LogP contribution in [0.3, 0.4) is 0 Å². The van der Waals surface area contributed by atoms with E-state index in [0.29, 0.717) is 23.5 Å². The van der Waals surface area contributed by atoms with Gasteiger partial charge in [0.15, 0.2) is 10.8 Å². The lowest BCUT2D eigenvalue weighted by Gasteiger charge is -2.08. The van der Waals surface area contributed by atoms with E-state index < -0.39 is 5.82 Å². The average Bonchev–Trinajstić information content (AvgIpc) is 3.08. The number of hydrogen-bond acceptors (Lipinski definition) is 5. The summed E-state index contributed by atoms with van der Waals surface area (Å²) >= 11 is 1.36. The van der Waals surface area contributed by atoms with Gasteiger partial charge in [-0.05, 0) is 31.0 Å². The lowest BCUT2D eigenvalue weighted by molar-refractivity contribution is -0.116. The number of carbonyl (C=O) groups is 2. The molecule has 0 radical (unpaired) electrons. The zero-order valence-corrected chi connectivity index (χ0v) is 14.1. The van der Waals surface area contributed by atoms with Crippen molar-refractivity contribution in [1.29, 1.82) is 0 Å². The molecule has 24 heavy (non-hydrogen) atoms. The van der Waals surface area contributed by atoms with E-state index in [2.05, 4.69) is 10.3 Å². The fourth-order valence-electron chi connectivity index (χ4n) is 2.25. The first-order chi connectivity index (χ1) is 11.6. The second kappa shape index (κ2) is 9.12. The Hall–Kier alpha value is -2.28. The highest BCUT2D eigenvalue weighted by Gasteiger charge is 2.08. The largest absolute Gasteiger partial charge is 0.397 e. The third-order valence-corrected chi connectivity index (χ3v) is 4.33. The molecule has 2 rings (SSSR count). The van der Waals surface area contributed by atoms with Crippen LogP contribution >= 0.6 is 11.3 Å². The van der Waals surface area contributed by atoms with Crippen LogP contribution in [-0.4, -0.2) is 16.7 Å². The Morgan fingerprint density at radius 3 is 2.58 bits per heavy atom. The zero-order chi connectivity index (χ0) is 17.4. The number of Topliss-reactive ketones (excluding diaryl/α,β-unsaturated/α-hetero) is 1. The highest BCUT2D eigenvalue weighted by atomic mass is 32.1. The SMILES string of the molecule is Nc1cc(F)ccc1NC(=O)CCCCCCC(=O)c1nccs1. The number of aromatic nitrogens is 1. The lowest BCUT2D eigenvalue weighted by atomic mass is 10.1. The van der Waals surface area contributed by atoms with Gasteiger partial charge in [0.25, 0.3) is 0 Å². The number of unbranched alkanes of at least 4 members (excludes halogenated alkanes) is 3. The Morgan fingerprint density at radius 2 is 1.92 bits per heavy atom. The maximum Gasteiger partial charge on any atom is 0.224 e. The molecule has 5 nitrogen and oxygen atoms in total. The van der Waals surface area contributed by atoms with E-state index in [1.54, 1.807) is 11.6 Å². The van der Waals surface area contributed by atoms with Crippen LogP contribution in [0.25, 0.3) is 0 Å². The van der Waals surface area contributed by atoms with Crippen molar-refractivity contribution in [2.45, 2.75) is 38.5 Å². The van der Waals surface area contributed by atoms with Crippen molar-refractivity contribution in [2.75, 3.05) is 11.1 Å². The van der Waals surface area contributed by atoms with E-state index in [-0.39, 0.29) is 17.4 Å². The monoisotopic (exact) mass is 349 g/mol. The maximum absolute atomic E-state index is 12.9. The number of halogens is 1. The Labute approximate surface area is 144 Å². The number of anilines is 2. The number of ketones is 1. The Kier molecular flexibility index (Phi) is 6.87. The van der Waals surface area contributed by atoms with Crippen LogP contribution < -0.4 is 11.1 Å². The predicted molar refractivity (Wildman–Crippen MR) is 93.6 cm³/mol. The summed E-state index contributed by atoms with van der Waals surface area (Å²) in [4.78, 5) is 27.6. The molecule has 2 aromatic rings. The minimum absolute atomic E-state index is 0.0783. The number of amides is 1. The summed E-state index contributed by atoms with van der Waals surface area (Å²) in [6.07, 6.45) is 5.79. The molecule has 0 aliphatic heterocycles.